The molecular weight excluding hydrogens is 288 g/mol. The van der Waals surface area contributed by atoms with Gasteiger partial charge in [0.05, 0.1) is 0 Å². The standard InChI is InChI=1S/C18H14N4O.2H2/c23-18(22-13-4-2-1-3-5-13)16-10-12(11-21-16)14-6-8-19-17-15(14)7-9-20-17;;/h1-11,21H,(H,19,20)(H,22,23);2*1H. The normalized spacial score (nSPS) is 10.8. The summed E-state index contributed by atoms with van der Waals surface area (Å²) in [6.07, 6.45) is 5.45. The summed E-state index contributed by atoms with van der Waals surface area (Å²) in [7, 11) is 0. The van der Waals surface area contributed by atoms with Crippen molar-refractivity contribution in [3.63, 3.8) is 0 Å². The zero-order chi connectivity index (χ0) is 15.6. The lowest BCUT2D eigenvalue weighted by molar-refractivity contribution is 0.102. The lowest BCUT2D eigenvalue weighted by Crippen LogP contribution is -2.11. The third kappa shape index (κ3) is 2.48. The van der Waals surface area contributed by atoms with Gasteiger partial charge in [0.25, 0.3) is 5.91 Å². The number of nitrogens with zero attached hydrogens (tertiary/aromatic N) is 1. The number of aromatic amines is 2. The first-order chi connectivity index (χ1) is 11.3. The third-order valence-electron chi connectivity index (χ3n) is 3.73. The lowest BCUT2D eigenvalue weighted by atomic mass is 10.1. The molecule has 5 nitrogen and oxygen atoms in total. The number of H-pyrrole nitrogens is 2. The van der Waals surface area contributed by atoms with E-state index in [9.17, 15) is 4.79 Å². The Morgan fingerprint density at radius 3 is 2.83 bits per heavy atom. The number of rotatable bonds is 3. The number of anilines is 1. The fourth-order valence-electron chi connectivity index (χ4n) is 2.61. The zero-order valence-electron chi connectivity index (χ0n) is 12.2. The fraction of sp³-hybridized carbons (Fsp3) is 0. The van der Waals surface area contributed by atoms with Gasteiger partial charge in [-0.05, 0) is 35.9 Å². The Bertz CT molecular complexity index is 979. The second-order valence-electron chi connectivity index (χ2n) is 5.22. The number of carbonyl (C=O) groups excluding carboxylic acids is 1. The van der Waals surface area contributed by atoms with Crippen LogP contribution in [0.15, 0.2) is 67.1 Å². The van der Waals surface area contributed by atoms with Gasteiger partial charge < -0.3 is 15.3 Å². The Labute approximate surface area is 135 Å². The van der Waals surface area contributed by atoms with Crippen LogP contribution in [-0.4, -0.2) is 20.9 Å². The second kappa shape index (κ2) is 5.46. The fourth-order valence-corrected chi connectivity index (χ4v) is 2.61. The smallest absolute Gasteiger partial charge is 0.272 e. The minimum absolute atomic E-state index is 0. The van der Waals surface area contributed by atoms with Crippen LogP contribution in [0.25, 0.3) is 22.2 Å². The number of amides is 1. The van der Waals surface area contributed by atoms with Gasteiger partial charge in [-0.1, -0.05) is 18.2 Å². The average molecular weight is 306 g/mol. The van der Waals surface area contributed by atoms with E-state index in [4.69, 9.17) is 0 Å². The van der Waals surface area contributed by atoms with Crippen LogP contribution in [0.4, 0.5) is 5.69 Å². The molecule has 0 radical (unpaired) electrons. The van der Waals surface area contributed by atoms with E-state index in [1.165, 1.54) is 0 Å². The number of aromatic nitrogens is 3. The Balaban J connectivity index is 0.00000113. The molecule has 0 bridgehead atoms. The summed E-state index contributed by atoms with van der Waals surface area (Å²) >= 11 is 0. The predicted octanol–water partition coefficient (Wildman–Crippen LogP) is 4.30. The molecule has 5 heteroatoms. The highest BCUT2D eigenvalue weighted by Crippen LogP contribution is 2.27. The van der Waals surface area contributed by atoms with Gasteiger partial charge in [0.1, 0.15) is 11.3 Å². The number of carbonyl (C=O) groups is 1. The largest absolute Gasteiger partial charge is 0.357 e. The van der Waals surface area contributed by atoms with E-state index in [0.29, 0.717) is 5.69 Å². The Morgan fingerprint density at radius 1 is 1.09 bits per heavy atom. The molecule has 4 rings (SSSR count). The quantitative estimate of drug-likeness (QED) is 0.528. The highest BCUT2D eigenvalue weighted by atomic mass is 16.1. The molecule has 0 unspecified atom stereocenters. The highest BCUT2D eigenvalue weighted by molar-refractivity contribution is 6.04. The van der Waals surface area contributed by atoms with Crippen LogP contribution in [-0.2, 0) is 0 Å². The molecule has 0 saturated heterocycles. The van der Waals surface area contributed by atoms with Gasteiger partial charge in [0.2, 0.25) is 0 Å². The van der Waals surface area contributed by atoms with Crippen molar-refractivity contribution >= 4 is 22.6 Å². The summed E-state index contributed by atoms with van der Waals surface area (Å²) in [6, 6.07) is 15.2. The minimum Gasteiger partial charge on any atom is -0.357 e. The number of fused-ring (bicyclic) bond motifs is 1. The maximum absolute atomic E-state index is 12.3. The van der Waals surface area contributed by atoms with Crippen LogP contribution in [0.5, 0.6) is 0 Å². The number of hydrogen-bond acceptors (Lipinski definition) is 2. The van der Waals surface area contributed by atoms with Crippen molar-refractivity contribution in [1.82, 2.24) is 15.0 Å². The Hall–Kier alpha value is -3.34. The topological polar surface area (TPSA) is 73.6 Å². The molecule has 116 valence electrons. The van der Waals surface area contributed by atoms with Crippen LogP contribution < -0.4 is 5.32 Å². The number of hydrogen-bond donors (Lipinski definition) is 3. The summed E-state index contributed by atoms with van der Waals surface area (Å²) in [4.78, 5) is 22.7. The molecule has 1 aromatic carbocycles. The van der Waals surface area contributed by atoms with Crippen LogP contribution in [0, 0.1) is 0 Å². The van der Waals surface area contributed by atoms with Crippen LogP contribution in [0.3, 0.4) is 0 Å². The summed E-state index contributed by atoms with van der Waals surface area (Å²) in [5.41, 5.74) is 4.11. The van der Waals surface area contributed by atoms with Crippen LogP contribution in [0.2, 0.25) is 0 Å². The van der Waals surface area contributed by atoms with Crippen molar-refractivity contribution < 1.29 is 7.65 Å². The zero-order valence-corrected chi connectivity index (χ0v) is 12.2. The van der Waals surface area contributed by atoms with Gasteiger partial charge in [0.15, 0.2) is 0 Å². The van der Waals surface area contributed by atoms with Crippen molar-refractivity contribution in [3.05, 3.63) is 72.8 Å². The maximum atomic E-state index is 12.3. The Morgan fingerprint density at radius 2 is 1.96 bits per heavy atom. The number of nitrogens with one attached hydrogen (secondary N) is 3. The van der Waals surface area contributed by atoms with E-state index in [0.717, 1.165) is 27.8 Å². The number of para-hydroxylation sites is 1. The van der Waals surface area contributed by atoms with E-state index >= 15 is 0 Å². The van der Waals surface area contributed by atoms with Crippen molar-refractivity contribution in [2.45, 2.75) is 0 Å². The molecule has 0 aliphatic heterocycles. The van der Waals surface area contributed by atoms with Gasteiger partial charge >= 0.3 is 0 Å². The van der Waals surface area contributed by atoms with E-state index in [2.05, 4.69) is 20.3 Å². The predicted molar refractivity (Wildman–Crippen MR) is 94.5 cm³/mol. The molecule has 3 N–H and O–H groups in total. The van der Waals surface area contributed by atoms with E-state index < -0.39 is 0 Å². The molecule has 0 spiro atoms. The molecule has 3 heterocycles. The van der Waals surface area contributed by atoms with Gasteiger partial charge in [-0.15, -0.1) is 0 Å². The average Bonchev–Trinajstić information content (AvgIpc) is 3.25. The van der Waals surface area contributed by atoms with E-state index in [-0.39, 0.29) is 8.76 Å². The van der Waals surface area contributed by atoms with E-state index in [1.54, 1.807) is 6.20 Å². The van der Waals surface area contributed by atoms with Gasteiger partial charge in [-0.2, -0.15) is 0 Å². The number of benzene rings is 1. The molecular formula is C18H18N4O. The second-order valence-corrected chi connectivity index (χ2v) is 5.22. The molecule has 0 atom stereocenters. The van der Waals surface area contributed by atoms with Crippen LogP contribution >= 0.6 is 0 Å². The summed E-state index contributed by atoms with van der Waals surface area (Å²) < 4.78 is 0. The number of pyridine rings is 1. The first kappa shape index (κ1) is 13.3. The van der Waals surface area contributed by atoms with Crippen molar-refractivity contribution in [2.75, 3.05) is 5.32 Å². The molecule has 1 amide bonds. The molecule has 23 heavy (non-hydrogen) atoms. The van der Waals surface area contributed by atoms with Crippen molar-refractivity contribution in [3.8, 4) is 11.1 Å². The molecule has 4 aromatic rings. The Kier molecular flexibility index (Phi) is 3.16. The molecule has 0 aliphatic rings. The first-order valence-electron chi connectivity index (χ1n) is 7.28. The molecule has 0 saturated carbocycles. The monoisotopic (exact) mass is 306 g/mol. The summed E-state index contributed by atoms with van der Waals surface area (Å²) in [5.74, 6) is -0.165. The summed E-state index contributed by atoms with van der Waals surface area (Å²) in [6.45, 7) is 0. The highest BCUT2D eigenvalue weighted by Gasteiger charge is 2.12. The van der Waals surface area contributed by atoms with Gasteiger partial charge in [-0.3, -0.25) is 4.79 Å². The van der Waals surface area contributed by atoms with E-state index in [1.807, 2.05) is 60.9 Å². The van der Waals surface area contributed by atoms with Gasteiger partial charge in [0, 0.05) is 38.1 Å². The van der Waals surface area contributed by atoms with Crippen LogP contribution in [0.1, 0.15) is 13.3 Å². The first-order valence-corrected chi connectivity index (χ1v) is 7.28. The summed E-state index contributed by atoms with van der Waals surface area (Å²) in [5, 5.41) is 3.90. The molecule has 3 aromatic heterocycles. The maximum Gasteiger partial charge on any atom is 0.272 e. The minimum atomic E-state index is -0.165. The molecule has 0 aliphatic carbocycles. The lowest BCUT2D eigenvalue weighted by Gasteiger charge is -2.02. The molecule has 0 fully saturated rings. The SMILES string of the molecule is O=C(Nc1ccccc1)c1cc(-c2ccnc3[nH]ccc23)c[nH]1.[HH].[HH]. The van der Waals surface area contributed by atoms with Gasteiger partial charge in [-0.25, -0.2) is 4.98 Å². The third-order valence-corrected chi connectivity index (χ3v) is 3.73. The van der Waals surface area contributed by atoms with Crippen molar-refractivity contribution in [2.24, 2.45) is 0 Å². The van der Waals surface area contributed by atoms with Crippen molar-refractivity contribution in [1.29, 1.82) is 0 Å².